The van der Waals surface area contributed by atoms with Crippen molar-refractivity contribution in [2.24, 2.45) is 0 Å². The van der Waals surface area contributed by atoms with Crippen LogP contribution in [0.25, 0.3) is 0 Å². The van der Waals surface area contributed by atoms with Gasteiger partial charge in [-0.2, -0.15) is 0 Å². The van der Waals surface area contributed by atoms with Gasteiger partial charge in [0.05, 0.1) is 5.69 Å². The average molecular weight is 311 g/mol. The smallest absolute Gasteiger partial charge is 0.185 e. The third-order valence-electron chi connectivity index (χ3n) is 4.05. The van der Waals surface area contributed by atoms with E-state index in [9.17, 15) is 0 Å². The Kier molecular flexibility index (Phi) is 6.45. The summed E-state index contributed by atoms with van der Waals surface area (Å²) in [4.78, 5) is 11.1. The van der Waals surface area contributed by atoms with E-state index in [1.807, 2.05) is 11.3 Å². The summed E-state index contributed by atoms with van der Waals surface area (Å²) in [6.45, 7) is 12.3. The lowest BCUT2D eigenvalue weighted by Gasteiger charge is -2.20. The molecule has 0 radical (unpaired) electrons. The van der Waals surface area contributed by atoms with E-state index in [1.54, 1.807) is 0 Å². The van der Waals surface area contributed by atoms with Crippen LogP contribution in [0, 0.1) is 0 Å². The van der Waals surface area contributed by atoms with Gasteiger partial charge in [-0.05, 0) is 32.4 Å². The Morgan fingerprint density at radius 2 is 2.05 bits per heavy atom. The van der Waals surface area contributed by atoms with Gasteiger partial charge in [-0.1, -0.05) is 20.8 Å². The number of nitrogens with one attached hydrogen (secondary N) is 1. The summed E-state index contributed by atoms with van der Waals surface area (Å²) >= 11 is 1.85. The van der Waals surface area contributed by atoms with Crippen LogP contribution in [0.3, 0.4) is 0 Å². The number of aromatic nitrogens is 1. The Balaban J connectivity index is 1.91. The van der Waals surface area contributed by atoms with Crippen molar-refractivity contribution in [1.29, 1.82) is 0 Å². The van der Waals surface area contributed by atoms with Gasteiger partial charge in [-0.15, -0.1) is 11.3 Å². The van der Waals surface area contributed by atoms with E-state index >= 15 is 0 Å². The molecule has 0 amide bonds. The van der Waals surface area contributed by atoms with Crippen molar-refractivity contribution in [2.75, 3.05) is 38.1 Å². The molecule has 2 rings (SSSR count). The maximum absolute atomic E-state index is 4.84. The highest BCUT2D eigenvalue weighted by Crippen LogP contribution is 2.26. The van der Waals surface area contributed by atoms with E-state index in [4.69, 9.17) is 4.98 Å². The number of hydrogen-bond donors (Lipinski definition) is 1. The van der Waals surface area contributed by atoms with Gasteiger partial charge in [0.25, 0.3) is 0 Å². The standard InChI is InChI=1S/C16H30N4S/c1-5-14-15(12-17-13(2)3)21-16(18-14)19(4)10-11-20-8-6-7-9-20/h13,17H,5-12H2,1-4H3. The van der Waals surface area contributed by atoms with Gasteiger partial charge < -0.3 is 15.1 Å². The number of aryl methyl sites for hydroxylation is 1. The van der Waals surface area contributed by atoms with Crippen LogP contribution in [-0.4, -0.2) is 49.2 Å². The molecule has 1 fully saturated rings. The summed E-state index contributed by atoms with van der Waals surface area (Å²) in [5.41, 5.74) is 1.26. The van der Waals surface area contributed by atoms with E-state index in [1.165, 1.54) is 41.6 Å². The lowest BCUT2D eigenvalue weighted by Crippen LogP contribution is -2.31. The van der Waals surface area contributed by atoms with Crippen molar-refractivity contribution >= 4 is 16.5 Å². The number of hydrogen-bond acceptors (Lipinski definition) is 5. The molecule has 0 saturated carbocycles. The Hall–Kier alpha value is -0.650. The van der Waals surface area contributed by atoms with Crippen molar-refractivity contribution < 1.29 is 0 Å². The monoisotopic (exact) mass is 310 g/mol. The summed E-state index contributed by atoms with van der Waals surface area (Å²) in [6.07, 6.45) is 3.75. The number of likely N-dealkylation sites (N-methyl/N-ethyl adjacent to an activating group) is 1. The first-order valence-electron chi connectivity index (χ1n) is 8.25. The topological polar surface area (TPSA) is 31.4 Å². The maximum Gasteiger partial charge on any atom is 0.185 e. The number of likely N-dealkylation sites (tertiary alicyclic amines) is 1. The van der Waals surface area contributed by atoms with Crippen LogP contribution in [0.15, 0.2) is 0 Å². The van der Waals surface area contributed by atoms with Crippen LogP contribution in [0.2, 0.25) is 0 Å². The fourth-order valence-corrected chi connectivity index (χ4v) is 3.72. The Bertz CT molecular complexity index is 424. The molecule has 0 aromatic carbocycles. The first-order valence-corrected chi connectivity index (χ1v) is 9.07. The predicted octanol–water partition coefficient (Wildman–Crippen LogP) is 2.74. The lowest BCUT2D eigenvalue weighted by atomic mass is 10.3. The molecule has 1 aliphatic heterocycles. The van der Waals surface area contributed by atoms with E-state index < -0.39 is 0 Å². The molecule has 120 valence electrons. The van der Waals surface area contributed by atoms with E-state index in [2.05, 4.69) is 42.9 Å². The number of rotatable bonds is 8. The molecular weight excluding hydrogens is 280 g/mol. The van der Waals surface area contributed by atoms with Gasteiger partial charge in [-0.3, -0.25) is 0 Å². The van der Waals surface area contributed by atoms with Gasteiger partial charge in [-0.25, -0.2) is 4.98 Å². The van der Waals surface area contributed by atoms with Crippen LogP contribution in [0.1, 0.15) is 44.2 Å². The summed E-state index contributed by atoms with van der Waals surface area (Å²) in [5.74, 6) is 0. The summed E-state index contributed by atoms with van der Waals surface area (Å²) in [5, 5.41) is 4.68. The zero-order valence-electron chi connectivity index (χ0n) is 14.0. The second-order valence-electron chi connectivity index (χ2n) is 6.23. The quantitative estimate of drug-likeness (QED) is 0.800. The molecule has 0 atom stereocenters. The van der Waals surface area contributed by atoms with Crippen molar-refractivity contribution in [1.82, 2.24) is 15.2 Å². The van der Waals surface area contributed by atoms with Crippen LogP contribution in [-0.2, 0) is 13.0 Å². The second kappa shape index (κ2) is 8.11. The molecule has 5 heteroatoms. The molecule has 21 heavy (non-hydrogen) atoms. The van der Waals surface area contributed by atoms with Crippen LogP contribution < -0.4 is 10.2 Å². The molecule has 1 aromatic heterocycles. The molecule has 1 N–H and O–H groups in total. The largest absolute Gasteiger partial charge is 0.350 e. The van der Waals surface area contributed by atoms with Gasteiger partial charge in [0, 0.05) is 37.6 Å². The Morgan fingerprint density at radius 1 is 1.33 bits per heavy atom. The minimum Gasteiger partial charge on any atom is -0.350 e. The molecule has 0 spiro atoms. The molecule has 4 nitrogen and oxygen atoms in total. The van der Waals surface area contributed by atoms with Crippen molar-refractivity contribution in [3.05, 3.63) is 10.6 Å². The summed E-state index contributed by atoms with van der Waals surface area (Å²) in [6, 6.07) is 0.521. The zero-order chi connectivity index (χ0) is 15.2. The van der Waals surface area contributed by atoms with Gasteiger partial charge in [0.2, 0.25) is 0 Å². The summed E-state index contributed by atoms with van der Waals surface area (Å²) < 4.78 is 0. The first kappa shape index (κ1) is 16.7. The molecular formula is C16H30N4S. The molecule has 0 unspecified atom stereocenters. The number of nitrogens with zero attached hydrogens (tertiary/aromatic N) is 3. The van der Waals surface area contributed by atoms with E-state index in [-0.39, 0.29) is 0 Å². The SMILES string of the molecule is CCc1nc(N(C)CCN2CCCC2)sc1CNC(C)C. The highest BCUT2D eigenvalue weighted by Gasteiger charge is 2.15. The lowest BCUT2D eigenvalue weighted by molar-refractivity contribution is 0.346. The van der Waals surface area contributed by atoms with Gasteiger partial charge >= 0.3 is 0 Å². The van der Waals surface area contributed by atoms with E-state index in [0.717, 1.165) is 26.1 Å². The number of thiazole rings is 1. The highest BCUT2D eigenvalue weighted by molar-refractivity contribution is 7.15. The van der Waals surface area contributed by atoms with Crippen molar-refractivity contribution in [2.45, 2.75) is 52.6 Å². The van der Waals surface area contributed by atoms with Crippen LogP contribution in [0.4, 0.5) is 5.13 Å². The first-order chi connectivity index (χ1) is 10.1. The highest BCUT2D eigenvalue weighted by atomic mass is 32.1. The van der Waals surface area contributed by atoms with Crippen molar-refractivity contribution in [3.8, 4) is 0 Å². The molecule has 1 saturated heterocycles. The third kappa shape index (κ3) is 4.94. The molecule has 2 heterocycles. The minimum absolute atomic E-state index is 0.521. The van der Waals surface area contributed by atoms with Crippen LogP contribution in [0.5, 0.6) is 0 Å². The second-order valence-corrected chi connectivity index (χ2v) is 7.29. The van der Waals surface area contributed by atoms with E-state index in [0.29, 0.717) is 6.04 Å². The Morgan fingerprint density at radius 3 is 2.67 bits per heavy atom. The average Bonchev–Trinajstić information content (AvgIpc) is 3.11. The number of anilines is 1. The van der Waals surface area contributed by atoms with Gasteiger partial charge in [0.15, 0.2) is 5.13 Å². The van der Waals surface area contributed by atoms with Gasteiger partial charge in [0.1, 0.15) is 0 Å². The third-order valence-corrected chi connectivity index (χ3v) is 5.26. The zero-order valence-corrected chi connectivity index (χ0v) is 14.8. The molecule has 1 aliphatic rings. The fourth-order valence-electron chi connectivity index (χ4n) is 2.64. The molecule has 0 aliphatic carbocycles. The fraction of sp³-hybridized carbons (Fsp3) is 0.812. The predicted molar refractivity (Wildman–Crippen MR) is 92.4 cm³/mol. The summed E-state index contributed by atoms with van der Waals surface area (Å²) in [7, 11) is 2.17. The normalized spacial score (nSPS) is 16.0. The van der Waals surface area contributed by atoms with Crippen LogP contribution >= 0.6 is 11.3 Å². The maximum atomic E-state index is 4.84. The van der Waals surface area contributed by atoms with Crippen molar-refractivity contribution in [3.63, 3.8) is 0 Å². The minimum atomic E-state index is 0.521. The molecule has 1 aromatic rings. The molecule has 0 bridgehead atoms. The Labute approximate surface area is 133 Å².